The molecule has 2 aromatic heterocycles. The molecule has 4 heterocycles. The minimum atomic E-state index is -2.26. The highest BCUT2D eigenvalue weighted by Crippen LogP contribution is 2.64. The van der Waals surface area contributed by atoms with E-state index >= 15 is 0 Å². The van der Waals surface area contributed by atoms with Gasteiger partial charge in [-0.15, -0.1) is 23.2 Å². The lowest BCUT2D eigenvalue weighted by Gasteiger charge is -2.49. The van der Waals surface area contributed by atoms with E-state index in [1.54, 1.807) is 61.7 Å². The van der Waals surface area contributed by atoms with Gasteiger partial charge in [0.25, 0.3) is 17.4 Å². The van der Waals surface area contributed by atoms with E-state index in [-0.39, 0.29) is 42.2 Å². The van der Waals surface area contributed by atoms with Crippen molar-refractivity contribution in [2.45, 2.75) is 47.6 Å². The molecule has 1 aliphatic carbocycles. The van der Waals surface area contributed by atoms with Crippen molar-refractivity contribution in [2.24, 2.45) is 7.05 Å². The van der Waals surface area contributed by atoms with Crippen LogP contribution in [0.15, 0.2) is 98.8 Å². The molecule has 296 valence electrons. The lowest BCUT2D eigenvalue weighted by molar-refractivity contribution is -0.122. The average molecular weight is 828 g/mol. The third-order valence-electron chi connectivity index (χ3n) is 11.7. The van der Waals surface area contributed by atoms with Crippen LogP contribution in [0.25, 0.3) is 21.8 Å². The smallest absolute Gasteiger partial charge is 0.347 e. The van der Waals surface area contributed by atoms with Gasteiger partial charge in [-0.2, -0.15) is 0 Å². The minimum absolute atomic E-state index is 0.0236. The van der Waals surface area contributed by atoms with Gasteiger partial charge in [-0.05, 0) is 35.2 Å². The standard InChI is InChI=1S/C41H33Cl2FN6O8/c1-46-29-19-32(58-3)31(57-2)18-28(29)45-27(35(46)52)15-16-47-38(55)48-17-14-25-30(50(48)39(47)56)20-40(42)36(53)49(23-11-9-22(44)10-12-23)37(54)41(40,43)33(25)26-13-8-21-6-4-5-7-24(21)34(26)51/h4-14,18-19,30,33,51H,15-17,20H2,1-3H3/t30-,33-,40-,41+/m1/s1. The number of phenols is 1. The number of benzene rings is 4. The SMILES string of the molecule is COc1cc2nc(CCn3c(=O)n4n(c3=O)[C@@H]3C[C@@]5(Cl)C(=O)N(c6ccc(F)cc6)C(=O)[C@@]5(Cl)[C@@H](c5ccc6ccccc6c5O)C3=CC4)c(=O)n(C)c2cc1OC. The van der Waals surface area contributed by atoms with Gasteiger partial charge in [-0.1, -0.05) is 42.5 Å². The van der Waals surface area contributed by atoms with Crippen LogP contribution in [0.4, 0.5) is 10.1 Å². The van der Waals surface area contributed by atoms with Crippen LogP contribution < -0.4 is 31.3 Å². The summed E-state index contributed by atoms with van der Waals surface area (Å²) >= 11 is 14.9. The lowest BCUT2D eigenvalue weighted by Crippen LogP contribution is -2.59. The Kier molecular flexibility index (Phi) is 8.49. The normalized spacial score (nSPS) is 22.5. The fourth-order valence-corrected chi connectivity index (χ4v) is 9.75. The van der Waals surface area contributed by atoms with E-state index in [0.717, 1.165) is 21.6 Å². The Morgan fingerprint density at radius 1 is 0.914 bits per heavy atom. The van der Waals surface area contributed by atoms with Gasteiger partial charge in [-0.25, -0.2) is 37.8 Å². The largest absolute Gasteiger partial charge is 0.507 e. The van der Waals surface area contributed by atoms with E-state index in [1.165, 1.54) is 40.3 Å². The summed E-state index contributed by atoms with van der Waals surface area (Å²) < 4.78 is 29.6. The number of alkyl halides is 2. The number of aromatic nitrogens is 5. The predicted molar refractivity (Wildman–Crippen MR) is 213 cm³/mol. The lowest BCUT2D eigenvalue weighted by atomic mass is 9.64. The fraction of sp³-hybridized carbons (Fsp3) is 0.268. The van der Waals surface area contributed by atoms with Crippen molar-refractivity contribution in [2.75, 3.05) is 19.1 Å². The number of aryl methyl sites for hydroxylation is 2. The van der Waals surface area contributed by atoms with Crippen molar-refractivity contribution >= 4 is 62.5 Å². The number of rotatable bonds is 7. The van der Waals surface area contributed by atoms with Crippen LogP contribution >= 0.6 is 23.2 Å². The number of hydrogen-bond acceptors (Lipinski definition) is 9. The molecule has 0 spiro atoms. The summed E-state index contributed by atoms with van der Waals surface area (Å²) in [5.74, 6) is -3.11. The molecule has 0 bridgehead atoms. The molecule has 0 unspecified atom stereocenters. The van der Waals surface area contributed by atoms with Crippen molar-refractivity contribution in [3.63, 3.8) is 0 Å². The maximum absolute atomic E-state index is 14.7. The van der Waals surface area contributed by atoms with Gasteiger partial charge in [-0.3, -0.25) is 14.4 Å². The van der Waals surface area contributed by atoms with Crippen molar-refractivity contribution in [3.05, 3.63) is 133 Å². The molecule has 4 atom stereocenters. The molecule has 1 saturated carbocycles. The van der Waals surface area contributed by atoms with Crippen molar-refractivity contribution < 1.29 is 28.6 Å². The number of amides is 2. The summed E-state index contributed by atoms with van der Waals surface area (Å²) in [6.45, 7) is -0.370. The van der Waals surface area contributed by atoms with E-state index in [2.05, 4.69) is 4.98 Å². The predicted octanol–water partition coefficient (Wildman–Crippen LogP) is 4.51. The van der Waals surface area contributed by atoms with Gasteiger partial charge >= 0.3 is 11.4 Å². The molecule has 9 rings (SSSR count). The molecule has 4 aromatic carbocycles. The monoisotopic (exact) mass is 826 g/mol. The number of halogens is 3. The molecule has 1 N–H and O–H groups in total. The molecule has 58 heavy (non-hydrogen) atoms. The summed E-state index contributed by atoms with van der Waals surface area (Å²) in [4.78, 5) is 72.1. The number of phenolic OH excluding ortho intramolecular Hbond substituents is 1. The van der Waals surface area contributed by atoms with Crippen LogP contribution in [0.3, 0.4) is 0 Å². The van der Waals surface area contributed by atoms with Crippen LogP contribution in [0.2, 0.25) is 0 Å². The molecule has 0 radical (unpaired) electrons. The van der Waals surface area contributed by atoms with Crippen LogP contribution in [0, 0.1) is 5.82 Å². The van der Waals surface area contributed by atoms with E-state index in [9.17, 15) is 33.5 Å². The Hall–Kier alpha value is -6.19. The first-order chi connectivity index (χ1) is 27.7. The van der Waals surface area contributed by atoms with E-state index in [0.29, 0.717) is 38.9 Å². The molecular formula is C41H33Cl2FN6O8. The first kappa shape index (κ1) is 37.4. The van der Waals surface area contributed by atoms with Crippen LogP contribution in [-0.2, 0) is 36.1 Å². The summed E-state index contributed by atoms with van der Waals surface area (Å²) in [7, 11) is 4.52. The zero-order valence-electron chi connectivity index (χ0n) is 31.1. The molecular weight excluding hydrogens is 794 g/mol. The second-order valence-electron chi connectivity index (χ2n) is 14.5. The first-order valence-electron chi connectivity index (χ1n) is 18.2. The average Bonchev–Trinajstić information content (AvgIpc) is 3.55. The summed E-state index contributed by atoms with van der Waals surface area (Å²) in [6.07, 6.45) is 1.16. The Morgan fingerprint density at radius 3 is 2.34 bits per heavy atom. The fourth-order valence-electron chi connectivity index (χ4n) is 8.84. The van der Waals surface area contributed by atoms with Gasteiger partial charge in [0.05, 0.1) is 43.5 Å². The highest BCUT2D eigenvalue weighted by molar-refractivity contribution is 6.58. The molecule has 14 nitrogen and oxygen atoms in total. The van der Waals surface area contributed by atoms with Gasteiger partial charge in [0, 0.05) is 55.4 Å². The number of carbonyl (C=O) groups is 2. The molecule has 1 saturated heterocycles. The molecule has 17 heteroatoms. The maximum Gasteiger partial charge on any atom is 0.347 e. The van der Waals surface area contributed by atoms with E-state index in [4.69, 9.17) is 32.7 Å². The maximum atomic E-state index is 14.7. The van der Waals surface area contributed by atoms with Crippen LogP contribution in [0.5, 0.6) is 17.2 Å². The highest BCUT2D eigenvalue weighted by Gasteiger charge is 2.76. The zero-order valence-corrected chi connectivity index (χ0v) is 32.6. The number of allylic oxidation sites excluding steroid dienone is 2. The van der Waals surface area contributed by atoms with Crippen LogP contribution in [-0.4, -0.2) is 64.4 Å². The van der Waals surface area contributed by atoms with Gasteiger partial charge < -0.3 is 19.1 Å². The third-order valence-corrected chi connectivity index (χ3v) is 13.1. The van der Waals surface area contributed by atoms with E-state index in [1.807, 2.05) is 0 Å². The number of fused-ring (bicyclic) bond motifs is 6. The number of methoxy groups -OCH3 is 2. The topological polar surface area (TPSA) is 160 Å². The van der Waals surface area contributed by atoms with Gasteiger partial charge in [0.1, 0.15) is 17.3 Å². The Labute approximate surface area is 337 Å². The van der Waals surface area contributed by atoms with Crippen molar-refractivity contribution in [1.82, 2.24) is 23.5 Å². The zero-order chi connectivity index (χ0) is 41.0. The van der Waals surface area contributed by atoms with Gasteiger partial charge in [0.15, 0.2) is 21.2 Å². The first-order valence-corrected chi connectivity index (χ1v) is 19.0. The number of hydrogen-bond donors (Lipinski definition) is 1. The number of carbonyl (C=O) groups excluding carboxylic acids is 2. The summed E-state index contributed by atoms with van der Waals surface area (Å²) in [5.41, 5.74) is -0.318. The quantitative estimate of drug-likeness (QED) is 0.139. The number of nitrogens with zero attached hydrogens (tertiary/aromatic N) is 6. The van der Waals surface area contributed by atoms with E-state index < -0.39 is 62.7 Å². The number of anilines is 1. The summed E-state index contributed by atoms with van der Waals surface area (Å²) in [6, 6.07) is 17.2. The molecule has 2 aliphatic heterocycles. The van der Waals surface area contributed by atoms with Crippen LogP contribution in [0.1, 0.15) is 29.6 Å². The second kappa shape index (κ2) is 13.2. The molecule has 2 fully saturated rings. The number of ether oxygens (including phenoxy) is 2. The molecule has 2 amide bonds. The second-order valence-corrected chi connectivity index (χ2v) is 15.8. The Balaban J connectivity index is 1.17. The van der Waals surface area contributed by atoms with Crippen molar-refractivity contribution in [3.8, 4) is 17.2 Å². The summed E-state index contributed by atoms with van der Waals surface area (Å²) in [5, 5.41) is 13.0. The molecule has 3 aliphatic rings. The number of imide groups is 1. The van der Waals surface area contributed by atoms with Gasteiger partial charge in [0.2, 0.25) is 0 Å². The number of aromatic hydroxyl groups is 1. The highest BCUT2D eigenvalue weighted by atomic mass is 35.5. The third kappa shape index (κ3) is 5.02. The minimum Gasteiger partial charge on any atom is -0.507 e. The molecule has 6 aromatic rings. The Morgan fingerprint density at radius 2 is 1.62 bits per heavy atom. The van der Waals surface area contributed by atoms with Crippen molar-refractivity contribution in [1.29, 1.82) is 0 Å². The Bertz CT molecular complexity index is 2990.